The number of hydrogen-bond acceptors (Lipinski definition) is 14. The molecule has 8 aromatic carbocycles. The normalized spacial score (nSPS) is 12.7. The van der Waals surface area contributed by atoms with Gasteiger partial charge in [-0.2, -0.15) is 0 Å². The van der Waals surface area contributed by atoms with Crippen LogP contribution in [0.5, 0.6) is 23.0 Å². The van der Waals surface area contributed by atoms with E-state index in [1.165, 1.54) is 7.11 Å². The number of carbonyl (C=O) groups is 1. The van der Waals surface area contributed by atoms with Crippen molar-refractivity contribution >= 4 is 82.2 Å². The number of carbonyl (C=O) groups excluding carboxylic acids is 1. The number of rotatable bonds is 25. The van der Waals surface area contributed by atoms with Crippen LogP contribution in [0.4, 0.5) is 5.69 Å². The van der Waals surface area contributed by atoms with E-state index in [-0.39, 0.29) is 41.4 Å². The summed E-state index contributed by atoms with van der Waals surface area (Å²) in [6, 6.07) is 52.5. The number of allylic oxidation sites excluding steroid dienone is 2. The first kappa shape index (κ1) is 76.9. The Kier molecular flexibility index (Phi) is 30.3. The molecular weight excluding hydrogens is 1410 g/mol. The monoisotopic (exact) mass is 1490 g/mol. The summed E-state index contributed by atoms with van der Waals surface area (Å²) in [7, 11) is 1.44. The molecule has 4 N–H and O–H groups in total. The van der Waals surface area contributed by atoms with Crippen molar-refractivity contribution in [2.45, 2.75) is 112 Å². The van der Waals surface area contributed by atoms with Crippen LogP contribution in [0.3, 0.4) is 0 Å². The number of benzene rings is 8. The number of para-hydroxylation sites is 8. The minimum Gasteiger partial charge on any atom is -0.493 e. The molecule has 0 spiro atoms. The molecular formula is C81H87Br2N7O11. The number of epoxide rings is 1. The average molecular weight is 1490 g/mol. The summed E-state index contributed by atoms with van der Waals surface area (Å²) < 4.78 is 30.3. The number of hydrogen-bond donors (Lipinski definition) is 4. The first-order valence-electron chi connectivity index (χ1n) is 34.1. The minimum absolute atomic E-state index is 0.0254. The maximum absolute atomic E-state index is 12.7. The lowest BCUT2D eigenvalue weighted by atomic mass is 10.0. The molecule has 2 unspecified atom stereocenters. The van der Waals surface area contributed by atoms with Gasteiger partial charge >= 0.3 is 0 Å². The molecule has 1 saturated heterocycles. The lowest BCUT2D eigenvalue weighted by Gasteiger charge is -2.14. The molecule has 11 aromatic rings. The van der Waals surface area contributed by atoms with E-state index in [2.05, 4.69) is 116 Å². The minimum atomic E-state index is -0.243. The first-order chi connectivity index (χ1) is 49.2. The maximum Gasteiger partial charge on any atom is 0.259 e. The van der Waals surface area contributed by atoms with Gasteiger partial charge in [-0.1, -0.05) is 158 Å². The van der Waals surface area contributed by atoms with Gasteiger partial charge in [0.05, 0.1) is 100 Å². The number of aromatic amines is 3. The molecule has 0 radical (unpaired) electrons. The van der Waals surface area contributed by atoms with Crippen LogP contribution in [-0.2, 0) is 21.1 Å². The van der Waals surface area contributed by atoms with Gasteiger partial charge in [0, 0.05) is 25.6 Å². The van der Waals surface area contributed by atoms with E-state index in [4.69, 9.17) is 38.5 Å². The molecule has 12 rings (SSSR count). The van der Waals surface area contributed by atoms with Gasteiger partial charge in [0.15, 0.2) is 0 Å². The van der Waals surface area contributed by atoms with E-state index in [9.17, 15) is 19.2 Å². The number of halogens is 2. The summed E-state index contributed by atoms with van der Waals surface area (Å²) in [5, 5.41) is 4.66. The zero-order chi connectivity index (χ0) is 72.0. The van der Waals surface area contributed by atoms with Crippen LogP contribution in [0, 0.1) is 0 Å². The Morgan fingerprint density at radius 1 is 0.525 bits per heavy atom. The summed E-state index contributed by atoms with van der Waals surface area (Å²) in [6.45, 7) is 20.6. The first-order valence-corrected chi connectivity index (χ1v) is 35.6. The predicted molar refractivity (Wildman–Crippen MR) is 412 cm³/mol. The average Bonchev–Trinajstić information content (AvgIpc) is 1.71. The third-order valence-electron chi connectivity index (χ3n) is 15.4. The number of fused-ring (bicyclic) bond motifs is 3. The van der Waals surface area contributed by atoms with Crippen molar-refractivity contribution in [2.75, 3.05) is 38.9 Å². The smallest absolute Gasteiger partial charge is 0.259 e. The Morgan fingerprint density at radius 3 is 1.46 bits per heavy atom. The van der Waals surface area contributed by atoms with Gasteiger partial charge in [0.1, 0.15) is 53.2 Å². The Morgan fingerprint density at radius 2 is 0.960 bits per heavy atom. The van der Waals surface area contributed by atoms with E-state index < -0.39 is 0 Å². The van der Waals surface area contributed by atoms with Crippen molar-refractivity contribution < 1.29 is 38.3 Å². The van der Waals surface area contributed by atoms with Crippen LogP contribution < -0.4 is 40.9 Å². The second kappa shape index (κ2) is 39.8. The van der Waals surface area contributed by atoms with Crippen LogP contribution in [0.1, 0.15) is 127 Å². The molecule has 1 aliphatic heterocycles. The zero-order valence-electron chi connectivity index (χ0n) is 58.3. The molecule has 0 bridgehead atoms. The Hall–Kier alpha value is -9.83. The van der Waals surface area contributed by atoms with E-state index >= 15 is 0 Å². The van der Waals surface area contributed by atoms with Gasteiger partial charge in [-0.25, -0.2) is 24.7 Å². The molecule has 101 heavy (non-hydrogen) atoms. The van der Waals surface area contributed by atoms with Crippen LogP contribution in [-0.4, -0.2) is 75.5 Å². The molecule has 4 heterocycles. The summed E-state index contributed by atoms with van der Waals surface area (Å²) in [5.41, 5.74) is 7.83. The largest absolute Gasteiger partial charge is 0.493 e. The number of anilines is 1. The van der Waals surface area contributed by atoms with Crippen LogP contribution in [0.2, 0.25) is 0 Å². The van der Waals surface area contributed by atoms with Gasteiger partial charge in [0.2, 0.25) is 0 Å². The Bertz CT molecular complexity index is 4770. The number of H-pyrrole nitrogens is 3. The maximum atomic E-state index is 12.7. The predicted octanol–water partition coefficient (Wildman–Crippen LogP) is 19.3. The number of amides is 1. The van der Waals surface area contributed by atoms with Gasteiger partial charge < -0.3 is 44.0 Å². The summed E-state index contributed by atoms with van der Waals surface area (Å²) >= 11 is 6.91. The lowest BCUT2D eigenvalue weighted by Crippen LogP contribution is -2.15. The van der Waals surface area contributed by atoms with Crippen molar-refractivity contribution in [1.29, 1.82) is 0 Å². The number of nitrogens with zero attached hydrogens (tertiary/aromatic N) is 3. The highest BCUT2D eigenvalue weighted by atomic mass is 79.9. The molecule has 2 atom stereocenters. The van der Waals surface area contributed by atoms with Crippen molar-refractivity contribution in [3.05, 3.63) is 251 Å². The molecule has 0 aliphatic carbocycles. The van der Waals surface area contributed by atoms with E-state index in [0.29, 0.717) is 93.6 Å². The number of aromatic nitrogens is 6. The second-order valence-corrected chi connectivity index (χ2v) is 24.6. The van der Waals surface area contributed by atoms with E-state index in [1.54, 1.807) is 30.3 Å². The third-order valence-corrected chi connectivity index (χ3v) is 16.7. The fourth-order valence-electron chi connectivity index (χ4n) is 10.3. The van der Waals surface area contributed by atoms with Crippen LogP contribution in [0.15, 0.2) is 212 Å². The van der Waals surface area contributed by atoms with Gasteiger partial charge in [-0.05, 0) is 156 Å². The highest BCUT2D eigenvalue weighted by Crippen LogP contribution is 2.43. The Labute approximate surface area is 605 Å². The molecule has 1 amide bonds. The van der Waals surface area contributed by atoms with Gasteiger partial charge in [-0.3, -0.25) is 19.2 Å². The molecule has 20 heteroatoms. The highest BCUT2D eigenvalue weighted by molar-refractivity contribution is 9.11. The Balaban J connectivity index is 0.000000168. The number of ether oxygens (including phenoxy) is 5. The fourth-order valence-corrected chi connectivity index (χ4v) is 11.3. The SMILES string of the molecule is C=CCC.CC/C=C\c1cccc2c(=O)[nH]c(-c3ccccc3OCCC)nc12.CCCOc1ccccc1-c1nc2c(Br)cccc2c(=O)[nH]1.CCCOc1ccccc1-c1nc2c(C3OC3CC)cccc2c(=O)[nH]1.CCCOc1ccccc1C(=O)Nc1c(Br)cccc1COOC. The van der Waals surface area contributed by atoms with Gasteiger partial charge in [-0.15, -0.1) is 6.58 Å². The zero-order valence-corrected chi connectivity index (χ0v) is 61.5. The van der Waals surface area contributed by atoms with Crippen LogP contribution in [0.25, 0.3) is 72.9 Å². The molecule has 1 fully saturated rings. The summed E-state index contributed by atoms with van der Waals surface area (Å²) in [5.74, 6) is 4.06. The van der Waals surface area contributed by atoms with Crippen molar-refractivity contribution in [2.24, 2.45) is 0 Å². The van der Waals surface area contributed by atoms with Crippen molar-refractivity contribution in [3.63, 3.8) is 0 Å². The van der Waals surface area contributed by atoms with Gasteiger partial charge in [0.25, 0.3) is 22.6 Å². The quantitative estimate of drug-likeness (QED) is 0.0180. The van der Waals surface area contributed by atoms with Crippen LogP contribution >= 0.6 is 31.9 Å². The van der Waals surface area contributed by atoms with E-state index in [0.717, 1.165) is 105 Å². The molecule has 3 aromatic heterocycles. The molecule has 1 aliphatic rings. The summed E-state index contributed by atoms with van der Waals surface area (Å²) in [6.07, 6.45) is 12.8. The topological polar surface area (TPSA) is 234 Å². The molecule has 526 valence electrons. The van der Waals surface area contributed by atoms with Crippen molar-refractivity contribution in [3.8, 4) is 57.2 Å². The van der Waals surface area contributed by atoms with Crippen molar-refractivity contribution in [1.82, 2.24) is 29.9 Å². The molecule has 0 saturated carbocycles. The number of nitrogens with one attached hydrogen (secondary N) is 4. The lowest BCUT2D eigenvalue weighted by molar-refractivity contribution is -0.282. The third kappa shape index (κ3) is 20.9. The fraction of sp³-hybridized carbons (Fsp3) is 0.272. The second-order valence-electron chi connectivity index (χ2n) is 22.9. The van der Waals surface area contributed by atoms with E-state index in [1.807, 2.05) is 159 Å². The molecule has 18 nitrogen and oxygen atoms in total. The summed E-state index contributed by atoms with van der Waals surface area (Å²) in [4.78, 5) is 82.6. The standard InChI is InChI=1S/C21H22N2O3.C21H22N2O2.C18H20BrNO4.C17H15BrN2O2.C4H8/c1-3-12-25-17-11-6-5-8-13(17)20-22-18-14(19-16(4-2)26-19)9-7-10-15(18)21(24)23-20;1-3-5-9-15-10-8-12-17-19(15)22-20(23-21(17)24)16-11-6-7-13-18(16)25-14-4-2;1-3-11-23-16-10-5-4-8-14(16)18(21)20-17-13(12-24-22-2)7-6-9-15(17)19;1-2-10-22-14-9-4-3-6-11(14)16-19-15-12(17(21)20-16)7-5-8-13(15)18;1-3-4-2/h5-11,16,19H,3-4,12H2,1-2H3,(H,22,23,24);5-13H,3-4,14H2,1-2H3,(H,22,23,24);4-10H,3,11-12H2,1-2H3,(H,20,21);3-9H,2,10H2,1H3,(H,19,20,21);3H,1,4H2,2H3/b;9-5-;;;. The highest BCUT2D eigenvalue weighted by Gasteiger charge is 2.40.